The number of nitrogens with zero attached hydrogens (tertiary/aromatic N) is 1. The van der Waals surface area contributed by atoms with Gasteiger partial charge in [0, 0.05) is 18.8 Å². The second-order valence-corrected chi connectivity index (χ2v) is 4.56. The quantitative estimate of drug-likeness (QED) is 0.877. The Bertz CT molecular complexity index is 568. The van der Waals surface area contributed by atoms with Crippen LogP contribution in [0.15, 0.2) is 48.5 Å². The maximum atomic E-state index is 13.3. The van der Waals surface area contributed by atoms with Crippen LogP contribution in [0.4, 0.5) is 10.1 Å². The molecular formula is C15H15FN2. The molecule has 0 radical (unpaired) electrons. The van der Waals surface area contributed by atoms with E-state index in [2.05, 4.69) is 17.0 Å². The molecule has 0 bridgehead atoms. The van der Waals surface area contributed by atoms with Crippen LogP contribution in [0.2, 0.25) is 0 Å². The van der Waals surface area contributed by atoms with Gasteiger partial charge in [-0.15, -0.1) is 0 Å². The van der Waals surface area contributed by atoms with Gasteiger partial charge in [-0.1, -0.05) is 30.3 Å². The molecule has 1 aliphatic rings. The molecule has 0 amide bonds. The van der Waals surface area contributed by atoms with Gasteiger partial charge in [0.25, 0.3) is 0 Å². The highest BCUT2D eigenvalue weighted by Gasteiger charge is 2.28. The Labute approximate surface area is 106 Å². The lowest BCUT2D eigenvalue weighted by atomic mass is 10.1. The molecule has 1 aliphatic heterocycles. The minimum atomic E-state index is -0.209. The number of rotatable bonds is 2. The standard InChI is InChI=1S/C15H15FN2/c16-12-5-3-6-13(8-12)18-10-11-4-1-2-7-14(11)15(18)9-17/h1-8,15H,9-10,17H2. The fourth-order valence-corrected chi connectivity index (χ4v) is 2.65. The van der Waals surface area contributed by atoms with Gasteiger partial charge >= 0.3 is 0 Å². The van der Waals surface area contributed by atoms with E-state index in [1.807, 2.05) is 18.2 Å². The monoisotopic (exact) mass is 242 g/mol. The summed E-state index contributed by atoms with van der Waals surface area (Å²) in [6.07, 6.45) is 0. The molecule has 1 heterocycles. The zero-order valence-corrected chi connectivity index (χ0v) is 10.0. The number of anilines is 1. The van der Waals surface area contributed by atoms with Crippen molar-refractivity contribution in [1.29, 1.82) is 0 Å². The van der Waals surface area contributed by atoms with Gasteiger partial charge in [-0.05, 0) is 29.3 Å². The van der Waals surface area contributed by atoms with Crippen molar-refractivity contribution in [2.75, 3.05) is 11.4 Å². The summed E-state index contributed by atoms with van der Waals surface area (Å²) in [5, 5.41) is 0. The largest absolute Gasteiger partial charge is 0.359 e. The number of fused-ring (bicyclic) bond motifs is 1. The van der Waals surface area contributed by atoms with Crippen molar-refractivity contribution in [2.45, 2.75) is 12.6 Å². The fraction of sp³-hybridized carbons (Fsp3) is 0.200. The first-order chi connectivity index (χ1) is 8.79. The van der Waals surface area contributed by atoms with E-state index in [0.29, 0.717) is 6.54 Å². The molecule has 0 saturated heterocycles. The van der Waals surface area contributed by atoms with E-state index in [1.54, 1.807) is 12.1 Å². The van der Waals surface area contributed by atoms with Crippen LogP contribution in [0.1, 0.15) is 17.2 Å². The molecule has 2 aromatic carbocycles. The lowest BCUT2D eigenvalue weighted by molar-refractivity contribution is 0.622. The lowest BCUT2D eigenvalue weighted by Crippen LogP contribution is -2.27. The third-order valence-corrected chi connectivity index (χ3v) is 3.49. The summed E-state index contributed by atoms with van der Waals surface area (Å²) in [6, 6.07) is 15.1. The maximum Gasteiger partial charge on any atom is 0.125 e. The van der Waals surface area contributed by atoms with Crippen molar-refractivity contribution in [3.8, 4) is 0 Å². The van der Waals surface area contributed by atoms with Crippen LogP contribution in [-0.2, 0) is 6.54 Å². The molecule has 2 aromatic rings. The first-order valence-corrected chi connectivity index (χ1v) is 6.09. The second kappa shape index (κ2) is 4.42. The molecule has 18 heavy (non-hydrogen) atoms. The van der Waals surface area contributed by atoms with Gasteiger partial charge < -0.3 is 10.6 Å². The Morgan fingerprint density at radius 3 is 2.78 bits per heavy atom. The third kappa shape index (κ3) is 1.77. The molecule has 1 atom stereocenters. The van der Waals surface area contributed by atoms with Crippen molar-refractivity contribution in [3.63, 3.8) is 0 Å². The average molecular weight is 242 g/mol. The predicted molar refractivity (Wildman–Crippen MR) is 70.8 cm³/mol. The van der Waals surface area contributed by atoms with Crippen molar-refractivity contribution in [2.24, 2.45) is 5.73 Å². The zero-order chi connectivity index (χ0) is 12.5. The topological polar surface area (TPSA) is 29.3 Å². The molecule has 0 aliphatic carbocycles. The molecule has 0 fully saturated rings. The van der Waals surface area contributed by atoms with Crippen molar-refractivity contribution in [1.82, 2.24) is 0 Å². The van der Waals surface area contributed by atoms with E-state index >= 15 is 0 Å². The van der Waals surface area contributed by atoms with Gasteiger partial charge in [-0.3, -0.25) is 0 Å². The molecule has 92 valence electrons. The smallest absolute Gasteiger partial charge is 0.125 e. The first kappa shape index (κ1) is 11.2. The predicted octanol–water partition coefficient (Wildman–Crippen LogP) is 2.85. The van der Waals surface area contributed by atoms with Crippen LogP contribution in [0.25, 0.3) is 0 Å². The summed E-state index contributed by atoms with van der Waals surface area (Å²) in [5.74, 6) is -0.209. The van der Waals surface area contributed by atoms with Crippen molar-refractivity contribution in [3.05, 3.63) is 65.5 Å². The summed E-state index contributed by atoms with van der Waals surface area (Å²) in [5.41, 5.74) is 9.30. The van der Waals surface area contributed by atoms with Crippen LogP contribution in [0, 0.1) is 5.82 Å². The van der Waals surface area contributed by atoms with E-state index in [1.165, 1.54) is 17.2 Å². The maximum absolute atomic E-state index is 13.3. The number of benzene rings is 2. The van der Waals surface area contributed by atoms with Gasteiger partial charge in [-0.2, -0.15) is 0 Å². The number of hydrogen-bond donors (Lipinski definition) is 1. The number of nitrogens with two attached hydrogens (primary N) is 1. The van der Waals surface area contributed by atoms with Crippen molar-refractivity contribution < 1.29 is 4.39 Å². The van der Waals surface area contributed by atoms with E-state index < -0.39 is 0 Å². The van der Waals surface area contributed by atoms with Crippen LogP contribution in [0.3, 0.4) is 0 Å². The summed E-state index contributed by atoms with van der Waals surface area (Å²) in [6.45, 7) is 1.33. The summed E-state index contributed by atoms with van der Waals surface area (Å²) in [4.78, 5) is 2.16. The highest BCUT2D eigenvalue weighted by Crippen LogP contribution is 2.36. The second-order valence-electron chi connectivity index (χ2n) is 4.56. The first-order valence-electron chi connectivity index (χ1n) is 6.09. The fourth-order valence-electron chi connectivity index (χ4n) is 2.65. The van der Waals surface area contributed by atoms with E-state index in [0.717, 1.165) is 12.2 Å². The lowest BCUT2D eigenvalue weighted by Gasteiger charge is -2.26. The highest BCUT2D eigenvalue weighted by molar-refractivity contribution is 5.54. The van der Waals surface area contributed by atoms with E-state index in [-0.39, 0.29) is 11.9 Å². The normalized spacial score (nSPS) is 17.9. The molecule has 3 heteroatoms. The Hall–Kier alpha value is -1.87. The van der Waals surface area contributed by atoms with Gasteiger partial charge in [0.05, 0.1) is 6.04 Å². The SMILES string of the molecule is NCC1c2ccccc2CN1c1cccc(F)c1. The van der Waals surface area contributed by atoms with E-state index in [9.17, 15) is 4.39 Å². The Morgan fingerprint density at radius 2 is 2.00 bits per heavy atom. The Kier molecular flexibility index (Phi) is 2.76. The average Bonchev–Trinajstić information content (AvgIpc) is 2.77. The molecule has 0 spiro atoms. The number of hydrogen-bond acceptors (Lipinski definition) is 2. The van der Waals surface area contributed by atoms with Crippen LogP contribution < -0.4 is 10.6 Å². The van der Waals surface area contributed by atoms with Gasteiger partial charge in [-0.25, -0.2) is 4.39 Å². The van der Waals surface area contributed by atoms with Gasteiger partial charge in [0.2, 0.25) is 0 Å². The molecule has 2 N–H and O–H groups in total. The Balaban J connectivity index is 2.01. The zero-order valence-electron chi connectivity index (χ0n) is 10.0. The minimum absolute atomic E-state index is 0.142. The third-order valence-electron chi connectivity index (χ3n) is 3.49. The molecule has 0 saturated carbocycles. The summed E-state index contributed by atoms with van der Waals surface area (Å²) < 4.78 is 13.3. The van der Waals surface area contributed by atoms with Crippen LogP contribution in [0.5, 0.6) is 0 Å². The molecule has 3 rings (SSSR count). The Morgan fingerprint density at radius 1 is 1.17 bits per heavy atom. The minimum Gasteiger partial charge on any atom is -0.359 e. The van der Waals surface area contributed by atoms with Crippen molar-refractivity contribution >= 4 is 5.69 Å². The molecular weight excluding hydrogens is 227 g/mol. The molecule has 1 unspecified atom stereocenters. The number of halogens is 1. The van der Waals surface area contributed by atoms with Gasteiger partial charge in [0.1, 0.15) is 5.82 Å². The van der Waals surface area contributed by atoms with Crippen LogP contribution in [-0.4, -0.2) is 6.54 Å². The summed E-state index contributed by atoms with van der Waals surface area (Å²) in [7, 11) is 0. The highest BCUT2D eigenvalue weighted by atomic mass is 19.1. The molecule has 2 nitrogen and oxygen atoms in total. The molecule has 0 aromatic heterocycles. The van der Waals surface area contributed by atoms with E-state index in [4.69, 9.17) is 5.73 Å². The summed E-state index contributed by atoms with van der Waals surface area (Å²) >= 11 is 0. The van der Waals surface area contributed by atoms with Crippen LogP contribution >= 0.6 is 0 Å². The van der Waals surface area contributed by atoms with Gasteiger partial charge in [0.15, 0.2) is 0 Å².